The van der Waals surface area contributed by atoms with Gasteiger partial charge in [-0.25, -0.2) is 0 Å². The number of hydrogen-bond acceptors (Lipinski definition) is 3. The van der Waals surface area contributed by atoms with E-state index < -0.39 is 0 Å². The fourth-order valence-electron chi connectivity index (χ4n) is 2.49. The van der Waals surface area contributed by atoms with Gasteiger partial charge >= 0.3 is 0 Å². The van der Waals surface area contributed by atoms with Crippen LogP contribution in [0.2, 0.25) is 0 Å². The third-order valence-corrected chi connectivity index (χ3v) is 3.59. The molecule has 0 saturated carbocycles. The summed E-state index contributed by atoms with van der Waals surface area (Å²) in [7, 11) is 0. The Morgan fingerprint density at radius 1 is 0.765 bits per heavy atom. The third-order valence-electron chi connectivity index (χ3n) is 3.59. The molecule has 0 saturated heterocycles. The SMILES string of the molecule is C1=NCCCN2CC/C=C\CCCN(C1)CC2. The molecule has 0 amide bonds. The zero-order valence-electron chi connectivity index (χ0n) is 10.9. The highest BCUT2D eigenvalue weighted by Gasteiger charge is 2.09. The van der Waals surface area contributed by atoms with Gasteiger partial charge in [0, 0.05) is 38.9 Å². The Morgan fingerprint density at radius 3 is 2.59 bits per heavy atom. The molecular weight excluding hydrogens is 210 g/mol. The van der Waals surface area contributed by atoms with Gasteiger partial charge in [0.05, 0.1) is 0 Å². The molecule has 0 spiro atoms. The molecule has 0 N–H and O–H groups in total. The lowest BCUT2D eigenvalue weighted by molar-refractivity contribution is 0.217. The van der Waals surface area contributed by atoms with E-state index >= 15 is 0 Å². The molecular formula is C14H25N3. The lowest BCUT2D eigenvalue weighted by Gasteiger charge is -2.27. The fraction of sp³-hybridized carbons (Fsp3) is 0.786. The van der Waals surface area contributed by atoms with Gasteiger partial charge in [-0.3, -0.25) is 9.89 Å². The first kappa shape index (κ1) is 12.8. The summed E-state index contributed by atoms with van der Waals surface area (Å²) in [5, 5.41) is 0. The predicted molar refractivity (Wildman–Crippen MR) is 73.8 cm³/mol. The summed E-state index contributed by atoms with van der Waals surface area (Å²) in [5.74, 6) is 0. The van der Waals surface area contributed by atoms with Gasteiger partial charge in [-0.05, 0) is 38.8 Å². The van der Waals surface area contributed by atoms with Crippen LogP contribution in [-0.2, 0) is 0 Å². The van der Waals surface area contributed by atoms with Gasteiger partial charge in [0.15, 0.2) is 0 Å². The van der Waals surface area contributed by atoms with E-state index in [4.69, 9.17) is 0 Å². The molecule has 2 rings (SSSR count). The maximum absolute atomic E-state index is 4.49. The summed E-state index contributed by atoms with van der Waals surface area (Å²) in [6, 6.07) is 0. The van der Waals surface area contributed by atoms with Crippen molar-refractivity contribution in [3.05, 3.63) is 12.2 Å². The molecule has 0 aromatic carbocycles. The van der Waals surface area contributed by atoms with Crippen LogP contribution in [0.25, 0.3) is 0 Å². The summed E-state index contributed by atoms with van der Waals surface area (Å²) < 4.78 is 0. The van der Waals surface area contributed by atoms with Crippen molar-refractivity contribution in [1.29, 1.82) is 0 Å². The molecule has 2 aliphatic rings. The van der Waals surface area contributed by atoms with Crippen LogP contribution in [0.5, 0.6) is 0 Å². The largest absolute Gasteiger partial charge is 0.302 e. The molecule has 2 bridgehead atoms. The van der Waals surface area contributed by atoms with Gasteiger partial charge < -0.3 is 4.90 Å². The van der Waals surface area contributed by atoms with E-state index in [1.54, 1.807) is 0 Å². The molecule has 3 nitrogen and oxygen atoms in total. The smallest absolute Gasteiger partial charge is 0.0398 e. The maximum atomic E-state index is 4.49. The first-order chi connectivity index (χ1) is 8.45. The van der Waals surface area contributed by atoms with E-state index in [1.165, 1.54) is 58.4 Å². The molecule has 2 unspecified atom stereocenters. The van der Waals surface area contributed by atoms with Gasteiger partial charge in [-0.1, -0.05) is 12.2 Å². The molecule has 0 aromatic rings. The quantitative estimate of drug-likeness (QED) is 0.596. The highest BCUT2D eigenvalue weighted by Crippen LogP contribution is 2.04. The first-order valence-corrected chi connectivity index (χ1v) is 7.03. The maximum Gasteiger partial charge on any atom is 0.0398 e. The molecule has 96 valence electrons. The Labute approximate surface area is 105 Å². The summed E-state index contributed by atoms with van der Waals surface area (Å²) in [6.07, 6.45) is 11.8. The van der Waals surface area contributed by atoms with Crippen LogP contribution in [0, 0.1) is 0 Å². The van der Waals surface area contributed by atoms with Crippen LogP contribution in [0.4, 0.5) is 0 Å². The minimum absolute atomic E-state index is 1.00. The van der Waals surface area contributed by atoms with Crippen LogP contribution in [0.3, 0.4) is 0 Å². The summed E-state index contributed by atoms with van der Waals surface area (Å²) in [4.78, 5) is 9.64. The molecule has 17 heavy (non-hydrogen) atoms. The Morgan fingerprint density at radius 2 is 1.59 bits per heavy atom. The number of aliphatic imine (C=N–C) groups is 1. The van der Waals surface area contributed by atoms with Gasteiger partial charge in [0.1, 0.15) is 0 Å². The van der Waals surface area contributed by atoms with Gasteiger partial charge in [-0.2, -0.15) is 0 Å². The fourth-order valence-corrected chi connectivity index (χ4v) is 2.49. The number of hydrogen-bond donors (Lipinski definition) is 0. The number of nitrogens with zero attached hydrogens (tertiary/aromatic N) is 3. The van der Waals surface area contributed by atoms with Gasteiger partial charge in [0.2, 0.25) is 0 Å². The predicted octanol–water partition coefficient (Wildman–Crippen LogP) is 1.81. The highest BCUT2D eigenvalue weighted by atomic mass is 15.2. The molecule has 0 radical (unpaired) electrons. The van der Waals surface area contributed by atoms with Crippen molar-refractivity contribution in [2.45, 2.75) is 25.7 Å². The second kappa shape index (κ2) is 7.62. The van der Waals surface area contributed by atoms with Crippen molar-refractivity contribution in [3.63, 3.8) is 0 Å². The van der Waals surface area contributed by atoms with E-state index in [2.05, 4.69) is 33.2 Å². The van der Waals surface area contributed by atoms with Crippen LogP contribution >= 0.6 is 0 Å². The normalized spacial score (nSPS) is 33.9. The third kappa shape index (κ3) is 5.00. The zero-order chi connectivity index (χ0) is 11.8. The van der Waals surface area contributed by atoms with E-state index in [0.717, 1.165) is 13.1 Å². The Hall–Kier alpha value is -0.670. The van der Waals surface area contributed by atoms with Crippen molar-refractivity contribution < 1.29 is 0 Å². The Kier molecular flexibility index (Phi) is 5.73. The van der Waals surface area contributed by atoms with E-state index in [-0.39, 0.29) is 0 Å². The molecule has 2 heterocycles. The minimum Gasteiger partial charge on any atom is -0.302 e. The summed E-state index contributed by atoms with van der Waals surface area (Å²) in [5.41, 5.74) is 0. The average Bonchev–Trinajstić information content (AvgIpc) is 2.41. The van der Waals surface area contributed by atoms with Crippen molar-refractivity contribution in [2.24, 2.45) is 4.99 Å². The van der Waals surface area contributed by atoms with Crippen molar-refractivity contribution >= 4 is 6.21 Å². The number of allylic oxidation sites excluding steroid dienone is 1. The molecule has 0 aliphatic carbocycles. The Balaban J connectivity index is 1.97. The van der Waals surface area contributed by atoms with Crippen LogP contribution in [-0.4, -0.2) is 61.8 Å². The molecule has 0 fully saturated rings. The summed E-state index contributed by atoms with van der Waals surface area (Å²) in [6.45, 7) is 8.10. The second-order valence-electron chi connectivity index (χ2n) is 4.99. The van der Waals surface area contributed by atoms with Crippen molar-refractivity contribution in [3.8, 4) is 0 Å². The molecule has 2 aliphatic heterocycles. The van der Waals surface area contributed by atoms with Crippen LogP contribution < -0.4 is 0 Å². The molecule has 0 aromatic heterocycles. The number of fused-ring (bicyclic) bond motifs is 3. The topological polar surface area (TPSA) is 18.8 Å². The lowest BCUT2D eigenvalue weighted by atomic mass is 10.2. The molecule has 3 heteroatoms. The standard InChI is InChI=1S/C14H25N3/c1-2-4-9-16-11-6-7-15-8-12-17(14-13-16)10-5-3-1/h1-2,8H,3-7,9-14H2/b2-1-,15-8?. The minimum atomic E-state index is 1.00. The Bertz CT molecular complexity index is 260. The van der Waals surface area contributed by atoms with Crippen molar-refractivity contribution in [1.82, 2.24) is 9.80 Å². The van der Waals surface area contributed by atoms with E-state index in [1.807, 2.05) is 0 Å². The number of rotatable bonds is 0. The zero-order valence-corrected chi connectivity index (χ0v) is 10.9. The highest BCUT2D eigenvalue weighted by molar-refractivity contribution is 5.59. The second-order valence-corrected chi connectivity index (χ2v) is 4.99. The van der Waals surface area contributed by atoms with Gasteiger partial charge in [0.25, 0.3) is 0 Å². The molecule has 2 atom stereocenters. The van der Waals surface area contributed by atoms with Crippen LogP contribution in [0.1, 0.15) is 25.7 Å². The van der Waals surface area contributed by atoms with Crippen molar-refractivity contribution in [2.75, 3.05) is 45.8 Å². The monoisotopic (exact) mass is 235 g/mol. The average molecular weight is 235 g/mol. The first-order valence-electron chi connectivity index (χ1n) is 7.03. The van der Waals surface area contributed by atoms with E-state index in [0.29, 0.717) is 0 Å². The van der Waals surface area contributed by atoms with Crippen LogP contribution in [0.15, 0.2) is 17.1 Å². The lowest BCUT2D eigenvalue weighted by Crippen LogP contribution is -2.38. The van der Waals surface area contributed by atoms with E-state index in [9.17, 15) is 0 Å². The van der Waals surface area contributed by atoms with Gasteiger partial charge in [-0.15, -0.1) is 0 Å². The summed E-state index contributed by atoms with van der Waals surface area (Å²) >= 11 is 0.